The van der Waals surface area contributed by atoms with E-state index in [9.17, 15) is 4.79 Å². The molecule has 108 valence electrons. The molecular formula is C14H19ClN4O. The van der Waals surface area contributed by atoms with Gasteiger partial charge >= 0.3 is 0 Å². The van der Waals surface area contributed by atoms with Crippen LogP contribution in [-0.4, -0.2) is 29.1 Å². The van der Waals surface area contributed by atoms with Gasteiger partial charge < -0.3 is 9.88 Å². The zero-order chi connectivity index (χ0) is 13.5. The van der Waals surface area contributed by atoms with Gasteiger partial charge in [0, 0.05) is 25.4 Å². The van der Waals surface area contributed by atoms with Crippen molar-refractivity contribution in [1.82, 2.24) is 14.9 Å². The molecule has 1 heterocycles. The number of carbonyl (C=O) groups is 1. The van der Waals surface area contributed by atoms with Crippen molar-refractivity contribution in [3.8, 4) is 0 Å². The highest BCUT2D eigenvalue weighted by Gasteiger charge is 2.07. The molecule has 0 atom stereocenters. The van der Waals surface area contributed by atoms with Gasteiger partial charge in [0.25, 0.3) is 0 Å². The number of benzene rings is 1. The first-order valence-corrected chi connectivity index (χ1v) is 6.29. The van der Waals surface area contributed by atoms with E-state index in [0.717, 1.165) is 0 Å². The van der Waals surface area contributed by atoms with Crippen LogP contribution < -0.4 is 10.6 Å². The number of aromatic nitrogens is 2. The number of amides is 1. The maximum Gasteiger partial charge on any atom is 0.227 e. The molecule has 0 saturated carbocycles. The molecule has 1 amide bonds. The lowest BCUT2D eigenvalue weighted by atomic mass is 10.2. The third-order valence-corrected chi connectivity index (χ3v) is 2.76. The van der Waals surface area contributed by atoms with Gasteiger partial charge in [-0.1, -0.05) is 30.3 Å². The second-order valence-corrected chi connectivity index (χ2v) is 4.27. The Kier molecular flexibility index (Phi) is 6.76. The van der Waals surface area contributed by atoms with Crippen molar-refractivity contribution in [1.29, 1.82) is 0 Å². The van der Waals surface area contributed by atoms with Crippen molar-refractivity contribution >= 4 is 24.3 Å². The lowest BCUT2D eigenvalue weighted by Gasteiger charge is -2.09. The van der Waals surface area contributed by atoms with E-state index in [1.807, 2.05) is 48.1 Å². The summed E-state index contributed by atoms with van der Waals surface area (Å²) in [6, 6.07) is 10.1. The fourth-order valence-electron chi connectivity index (χ4n) is 1.77. The summed E-state index contributed by atoms with van der Waals surface area (Å²) in [7, 11) is 1.82. The van der Waals surface area contributed by atoms with Crippen molar-refractivity contribution in [3.05, 3.63) is 48.3 Å². The van der Waals surface area contributed by atoms with Crippen LogP contribution in [0.5, 0.6) is 0 Å². The zero-order valence-corrected chi connectivity index (χ0v) is 12.2. The number of hydrogen-bond acceptors (Lipinski definition) is 3. The van der Waals surface area contributed by atoms with Crippen LogP contribution in [0.15, 0.2) is 42.7 Å². The minimum absolute atomic E-state index is 0. The first kappa shape index (κ1) is 16.2. The Morgan fingerprint density at radius 3 is 2.75 bits per heavy atom. The molecule has 0 aliphatic rings. The van der Waals surface area contributed by atoms with Gasteiger partial charge in [-0.05, 0) is 12.6 Å². The first-order valence-electron chi connectivity index (χ1n) is 6.29. The molecule has 1 aromatic carbocycles. The van der Waals surface area contributed by atoms with Gasteiger partial charge in [0.05, 0.1) is 6.54 Å². The Hall–Kier alpha value is -1.85. The topological polar surface area (TPSA) is 59.0 Å². The molecule has 0 unspecified atom stereocenters. The molecule has 0 aliphatic heterocycles. The SMILES string of the molecule is CNCCC(=O)Nc1nccn1Cc1ccccc1.Cl. The maximum absolute atomic E-state index is 11.7. The molecule has 0 saturated heterocycles. The third kappa shape index (κ3) is 4.68. The van der Waals surface area contributed by atoms with Crippen LogP contribution >= 0.6 is 12.4 Å². The Morgan fingerprint density at radius 2 is 2.05 bits per heavy atom. The van der Waals surface area contributed by atoms with Gasteiger partial charge in [0.15, 0.2) is 0 Å². The van der Waals surface area contributed by atoms with Crippen LogP contribution in [0.3, 0.4) is 0 Å². The number of halogens is 1. The molecule has 20 heavy (non-hydrogen) atoms. The van der Waals surface area contributed by atoms with Crippen molar-refractivity contribution in [2.75, 3.05) is 18.9 Å². The highest BCUT2D eigenvalue weighted by Crippen LogP contribution is 2.09. The average Bonchev–Trinajstić information content (AvgIpc) is 2.85. The van der Waals surface area contributed by atoms with Crippen LogP contribution in [0, 0.1) is 0 Å². The molecule has 0 spiro atoms. The van der Waals surface area contributed by atoms with E-state index in [1.165, 1.54) is 5.56 Å². The minimum atomic E-state index is -0.0325. The van der Waals surface area contributed by atoms with Crippen LogP contribution in [0.2, 0.25) is 0 Å². The summed E-state index contributed by atoms with van der Waals surface area (Å²) < 4.78 is 1.92. The Balaban J connectivity index is 0.00000200. The van der Waals surface area contributed by atoms with Crippen LogP contribution in [0.4, 0.5) is 5.95 Å². The summed E-state index contributed by atoms with van der Waals surface area (Å²) in [6.45, 7) is 1.35. The first-order chi connectivity index (χ1) is 9.29. The van der Waals surface area contributed by atoms with Gasteiger partial charge in [-0.15, -0.1) is 12.4 Å². The lowest BCUT2D eigenvalue weighted by Crippen LogP contribution is -2.20. The van der Waals surface area contributed by atoms with E-state index in [1.54, 1.807) is 6.20 Å². The van der Waals surface area contributed by atoms with Crippen LogP contribution in [0.1, 0.15) is 12.0 Å². The van der Waals surface area contributed by atoms with Gasteiger partial charge in [-0.3, -0.25) is 10.1 Å². The predicted octanol–water partition coefficient (Wildman–Crippen LogP) is 1.90. The number of rotatable bonds is 6. The Morgan fingerprint density at radius 1 is 1.30 bits per heavy atom. The summed E-state index contributed by atoms with van der Waals surface area (Å²) in [5.41, 5.74) is 1.17. The Labute approximate surface area is 124 Å². The molecule has 2 N–H and O–H groups in total. The molecule has 2 rings (SSSR count). The maximum atomic E-state index is 11.7. The normalized spacial score (nSPS) is 9.85. The molecule has 1 aromatic heterocycles. The van der Waals surface area contributed by atoms with Gasteiger partial charge in [-0.25, -0.2) is 4.98 Å². The lowest BCUT2D eigenvalue weighted by molar-refractivity contribution is -0.116. The number of carbonyl (C=O) groups excluding carboxylic acids is 1. The van der Waals surface area contributed by atoms with E-state index in [0.29, 0.717) is 25.5 Å². The number of imidazole rings is 1. The van der Waals surface area contributed by atoms with E-state index in [4.69, 9.17) is 0 Å². The highest BCUT2D eigenvalue weighted by molar-refractivity contribution is 5.89. The summed E-state index contributed by atoms with van der Waals surface area (Å²) in [5, 5.41) is 5.76. The molecule has 2 aromatic rings. The standard InChI is InChI=1S/C14H18N4O.ClH/c1-15-8-7-13(19)17-14-16-9-10-18(14)11-12-5-3-2-4-6-12;/h2-6,9-10,15H,7-8,11H2,1H3,(H,16,17,19);1H. The van der Waals surface area contributed by atoms with Crippen LogP contribution in [-0.2, 0) is 11.3 Å². The molecule has 6 heteroatoms. The summed E-state index contributed by atoms with van der Waals surface area (Å²) in [6.07, 6.45) is 3.99. The van der Waals surface area contributed by atoms with Crippen LogP contribution in [0.25, 0.3) is 0 Å². The fraction of sp³-hybridized carbons (Fsp3) is 0.286. The van der Waals surface area contributed by atoms with E-state index < -0.39 is 0 Å². The number of nitrogens with zero attached hydrogens (tertiary/aromatic N) is 2. The average molecular weight is 295 g/mol. The Bertz CT molecular complexity index is 527. The fourth-order valence-corrected chi connectivity index (χ4v) is 1.77. The molecule has 0 radical (unpaired) electrons. The predicted molar refractivity (Wildman–Crippen MR) is 82.2 cm³/mol. The third-order valence-electron chi connectivity index (χ3n) is 2.76. The van der Waals surface area contributed by atoms with E-state index in [-0.39, 0.29) is 18.3 Å². The molecular weight excluding hydrogens is 276 g/mol. The molecule has 5 nitrogen and oxygen atoms in total. The van der Waals surface area contributed by atoms with Crippen molar-refractivity contribution < 1.29 is 4.79 Å². The summed E-state index contributed by atoms with van der Waals surface area (Å²) in [4.78, 5) is 15.8. The monoisotopic (exact) mass is 294 g/mol. The quantitative estimate of drug-likeness (QED) is 0.855. The summed E-state index contributed by atoms with van der Waals surface area (Å²) in [5.74, 6) is 0.555. The zero-order valence-electron chi connectivity index (χ0n) is 11.4. The largest absolute Gasteiger partial charge is 0.319 e. The summed E-state index contributed by atoms with van der Waals surface area (Å²) >= 11 is 0. The van der Waals surface area contributed by atoms with E-state index >= 15 is 0 Å². The second-order valence-electron chi connectivity index (χ2n) is 4.27. The van der Waals surface area contributed by atoms with Gasteiger partial charge in [0.1, 0.15) is 0 Å². The smallest absolute Gasteiger partial charge is 0.227 e. The van der Waals surface area contributed by atoms with Crippen molar-refractivity contribution in [2.45, 2.75) is 13.0 Å². The molecule has 0 aliphatic carbocycles. The number of hydrogen-bond donors (Lipinski definition) is 2. The molecule has 0 fully saturated rings. The van der Waals surface area contributed by atoms with Crippen molar-refractivity contribution in [3.63, 3.8) is 0 Å². The van der Waals surface area contributed by atoms with Gasteiger partial charge in [0.2, 0.25) is 11.9 Å². The van der Waals surface area contributed by atoms with Crippen molar-refractivity contribution in [2.24, 2.45) is 0 Å². The van der Waals surface area contributed by atoms with Gasteiger partial charge in [-0.2, -0.15) is 0 Å². The minimum Gasteiger partial charge on any atom is -0.319 e. The van der Waals surface area contributed by atoms with E-state index in [2.05, 4.69) is 15.6 Å². The second kappa shape index (κ2) is 8.35. The molecule has 0 bridgehead atoms. The highest BCUT2D eigenvalue weighted by atomic mass is 35.5. The number of anilines is 1. The number of nitrogens with one attached hydrogen (secondary N) is 2.